The molecule has 3 rings (SSSR count). The maximum Gasteiger partial charge on any atom is 0.263 e. The van der Waals surface area contributed by atoms with Crippen LogP contribution in [0.4, 0.5) is 0 Å². The lowest BCUT2D eigenvalue weighted by Crippen LogP contribution is -2.27. The molecule has 0 atom stereocenters. The van der Waals surface area contributed by atoms with E-state index in [1.165, 1.54) is 0 Å². The van der Waals surface area contributed by atoms with Gasteiger partial charge in [-0.1, -0.05) is 48.5 Å². The Labute approximate surface area is 129 Å². The third-order valence-corrected chi connectivity index (χ3v) is 3.59. The van der Waals surface area contributed by atoms with Crippen LogP contribution in [0.1, 0.15) is 11.3 Å². The predicted octanol–water partition coefficient (Wildman–Crippen LogP) is 3.20. The molecule has 0 aliphatic carbocycles. The van der Waals surface area contributed by atoms with Crippen LogP contribution in [0.5, 0.6) is 0 Å². The fourth-order valence-corrected chi connectivity index (χ4v) is 2.51. The van der Waals surface area contributed by atoms with Gasteiger partial charge in [0.25, 0.3) is 5.91 Å². The van der Waals surface area contributed by atoms with E-state index >= 15 is 0 Å². The van der Waals surface area contributed by atoms with Crippen LogP contribution in [0.2, 0.25) is 0 Å². The van der Waals surface area contributed by atoms with Crippen LogP contribution < -0.4 is 5.48 Å². The van der Waals surface area contributed by atoms with Gasteiger partial charge in [0.05, 0.1) is 6.61 Å². The molecule has 0 aliphatic heterocycles. The smallest absolute Gasteiger partial charge is 0.263 e. The Morgan fingerprint density at radius 2 is 1.82 bits per heavy atom. The van der Waals surface area contributed by atoms with E-state index < -0.39 is 0 Å². The molecule has 0 fully saturated rings. The maximum absolute atomic E-state index is 12.0. The van der Waals surface area contributed by atoms with Gasteiger partial charge in [0.1, 0.15) is 6.54 Å². The van der Waals surface area contributed by atoms with E-state index in [1.807, 2.05) is 66.1 Å². The second kappa shape index (κ2) is 6.45. The zero-order valence-corrected chi connectivity index (χ0v) is 12.5. The fourth-order valence-electron chi connectivity index (χ4n) is 2.51. The molecule has 0 aliphatic rings. The first-order chi connectivity index (χ1) is 10.7. The average molecular weight is 294 g/mol. The van der Waals surface area contributed by atoms with Gasteiger partial charge in [-0.2, -0.15) is 0 Å². The van der Waals surface area contributed by atoms with Gasteiger partial charge in [-0.25, -0.2) is 5.48 Å². The first kappa shape index (κ1) is 14.4. The number of carbonyl (C=O) groups excluding carboxylic acids is 1. The molecule has 1 amide bonds. The van der Waals surface area contributed by atoms with Crippen molar-refractivity contribution in [3.05, 3.63) is 71.9 Å². The number of para-hydroxylation sites is 1. The molecule has 1 heterocycles. The molecule has 0 saturated heterocycles. The number of aryl methyl sites for hydroxylation is 1. The van der Waals surface area contributed by atoms with Crippen molar-refractivity contribution in [2.45, 2.75) is 20.1 Å². The molecule has 4 nitrogen and oxygen atoms in total. The minimum absolute atomic E-state index is 0.166. The molecule has 4 heteroatoms. The summed E-state index contributed by atoms with van der Waals surface area (Å²) >= 11 is 0. The minimum atomic E-state index is -0.166. The van der Waals surface area contributed by atoms with Gasteiger partial charge >= 0.3 is 0 Å². The van der Waals surface area contributed by atoms with Crippen molar-refractivity contribution >= 4 is 16.8 Å². The second-order valence-electron chi connectivity index (χ2n) is 5.23. The molecule has 0 radical (unpaired) electrons. The van der Waals surface area contributed by atoms with Gasteiger partial charge in [-0.05, 0) is 30.0 Å². The minimum Gasteiger partial charge on any atom is -0.335 e. The summed E-state index contributed by atoms with van der Waals surface area (Å²) < 4.78 is 1.98. The van der Waals surface area contributed by atoms with E-state index in [2.05, 4.69) is 11.5 Å². The van der Waals surface area contributed by atoms with Crippen LogP contribution in [0.3, 0.4) is 0 Å². The first-order valence-corrected chi connectivity index (χ1v) is 7.23. The van der Waals surface area contributed by atoms with Crippen molar-refractivity contribution in [3.8, 4) is 0 Å². The van der Waals surface area contributed by atoms with Gasteiger partial charge in [0.2, 0.25) is 0 Å². The van der Waals surface area contributed by atoms with Crippen LogP contribution in [-0.4, -0.2) is 10.5 Å². The summed E-state index contributed by atoms with van der Waals surface area (Å²) in [5, 5.41) is 1.14. The third kappa shape index (κ3) is 3.18. The Morgan fingerprint density at radius 1 is 1.09 bits per heavy atom. The van der Waals surface area contributed by atoms with Crippen molar-refractivity contribution in [2.75, 3.05) is 0 Å². The van der Waals surface area contributed by atoms with E-state index in [0.29, 0.717) is 6.61 Å². The number of aromatic nitrogens is 1. The van der Waals surface area contributed by atoms with Crippen LogP contribution in [0, 0.1) is 6.92 Å². The number of fused-ring (bicyclic) bond motifs is 1. The zero-order valence-electron chi connectivity index (χ0n) is 12.5. The van der Waals surface area contributed by atoms with Crippen molar-refractivity contribution < 1.29 is 9.63 Å². The first-order valence-electron chi connectivity index (χ1n) is 7.23. The van der Waals surface area contributed by atoms with Crippen LogP contribution >= 0.6 is 0 Å². The average Bonchev–Trinajstić information content (AvgIpc) is 2.84. The highest BCUT2D eigenvalue weighted by Crippen LogP contribution is 2.18. The molecule has 0 bridgehead atoms. The highest BCUT2D eigenvalue weighted by atomic mass is 16.6. The van der Waals surface area contributed by atoms with Crippen molar-refractivity contribution in [3.63, 3.8) is 0 Å². The zero-order chi connectivity index (χ0) is 15.4. The SMILES string of the molecule is Cc1cc2ccccc2n1CC(=O)NOCc1ccccc1. The van der Waals surface area contributed by atoms with Crippen LogP contribution in [0.25, 0.3) is 10.9 Å². The number of amides is 1. The Balaban J connectivity index is 1.60. The molecule has 0 unspecified atom stereocenters. The van der Waals surface area contributed by atoms with Gasteiger partial charge in [-0.15, -0.1) is 0 Å². The quantitative estimate of drug-likeness (QED) is 0.734. The topological polar surface area (TPSA) is 43.3 Å². The number of nitrogens with one attached hydrogen (secondary N) is 1. The number of nitrogens with zero attached hydrogens (tertiary/aromatic N) is 1. The Hall–Kier alpha value is -2.59. The summed E-state index contributed by atoms with van der Waals surface area (Å²) in [6.45, 7) is 2.60. The van der Waals surface area contributed by atoms with Gasteiger partial charge in [0, 0.05) is 11.2 Å². The summed E-state index contributed by atoms with van der Waals surface area (Å²) in [5.74, 6) is -0.166. The largest absolute Gasteiger partial charge is 0.335 e. The molecule has 22 heavy (non-hydrogen) atoms. The number of hydroxylamine groups is 1. The molecule has 0 saturated carbocycles. The van der Waals surface area contributed by atoms with Crippen LogP contribution in [-0.2, 0) is 22.8 Å². The summed E-state index contributed by atoms with van der Waals surface area (Å²) in [6, 6.07) is 19.8. The van der Waals surface area contributed by atoms with Crippen molar-refractivity contribution in [1.29, 1.82) is 0 Å². The predicted molar refractivity (Wildman–Crippen MR) is 86.0 cm³/mol. The summed E-state index contributed by atoms with van der Waals surface area (Å²) in [7, 11) is 0. The molecular weight excluding hydrogens is 276 g/mol. The lowest BCUT2D eigenvalue weighted by molar-refractivity contribution is -0.135. The molecular formula is C18H18N2O2. The normalized spacial score (nSPS) is 10.8. The van der Waals surface area contributed by atoms with Gasteiger partial charge in [-0.3, -0.25) is 9.63 Å². The Bertz CT molecular complexity index is 778. The van der Waals surface area contributed by atoms with Gasteiger partial charge < -0.3 is 4.57 Å². The van der Waals surface area contributed by atoms with E-state index in [9.17, 15) is 4.79 Å². The lowest BCUT2D eigenvalue weighted by atomic mass is 10.2. The summed E-state index contributed by atoms with van der Waals surface area (Å²) in [6.07, 6.45) is 0. The third-order valence-electron chi connectivity index (χ3n) is 3.59. The van der Waals surface area contributed by atoms with E-state index in [0.717, 1.165) is 22.2 Å². The standard InChI is InChI=1S/C18H18N2O2/c1-14-11-16-9-5-6-10-17(16)20(14)12-18(21)19-22-13-15-7-3-2-4-8-15/h2-11H,12-13H2,1H3,(H,19,21). The number of carbonyl (C=O) groups is 1. The molecule has 3 aromatic rings. The van der Waals surface area contributed by atoms with Gasteiger partial charge in [0.15, 0.2) is 0 Å². The van der Waals surface area contributed by atoms with E-state index in [4.69, 9.17) is 4.84 Å². The highest BCUT2D eigenvalue weighted by Gasteiger charge is 2.09. The monoisotopic (exact) mass is 294 g/mol. The highest BCUT2D eigenvalue weighted by molar-refractivity contribution is 5.84. The molecule has 112 valence electrons. The molecule has 1 aromatic heterocycles. The lowest BCUT2D eigenvalue weighted by Gasteiger charge is -2.09. The fraction of sp³-hybridized carbons (Fsp3) is 0.167. The molecule has 0 spiro atoms. The number of hydrogen-bond donors (Lipinski definition) is 1. The van der Waals surface area contributed by atoms with E-state index in [1.54, 1.807) is 0 Å². The molecule has 1 N–H and O–H groups in total. The summed E-state index contributed by atoms with van der Waals surface area (Å²) in [4.78, 5) is 17.3. The van der Waals surface area contributed by atoms with E-state index in [-0.39, 0.29) is 12.5 Å². The summed E-state index contributed by atoms with van der Waals surface area (Å²) in [5.41, 5.74) is 5.63. The second-order valence-corrected chi connectivity index (χ2v) is 5.23. The number of hydrogen-bond acceptors (Lipinski definition) is 2. The maximum atomic E-state index is 12.0. The molecule has 2 aromatic carbocycles. The Morgan fingerprint density at radius 3 is 2.64 bits per heavy atom. The Kier molecular flexibility index (Phi) is 4.21. The number of rotatable bonds is 5. The van der Waals surface area contributed by atoms with Crippen LogP contribution in [0.15, 0.2) is 60.7 Å². The number of benzene rings is 2. The van der Waals surface area contributed by atoms with Crippen molar-refractivity contribution in [2.24, 2.45) is 0 Å². The van der Waals surface area contributed by atoms with Crippen molar-refractivity contribution in [1.82, 2.24) is 10.0 Å².